The van der Waals surface area contributed by atoms with Crippen molar-refractivity contribution in [1.29, 1.82) is 0 Å². The number of benzene rings is 3. The zero-order chi connectivity index (χ0) is 28.0. The van der Waals surface area contributed by atoms with Crippen LogP contribution in [0.15, 0.2) is 83.4 Å². The first-order chi connectivity index (χ1) is 19.3. The van der Waals surface area contributed by atoms with Crippen molar-refractivity contribution in [2.75, 3.05) is 7.05 Å². The average Bonchev–Trinajstić information content (AvgIpc) is 3.64. The van der Waals surface area contributed by atoms with E-state index >= 15 is 0 Å². The highest BCUT2D eigenvalue weighted by Crippen LogP contribution is 2.45. The second-order valence-corrected chi connectivity index (χ2v) is 10.0. The highest BCUT2D eigenvalue weighted by Gasteiger charge is 2.47. The van der Waals surface area contributed by atoms with Gasteiger partial charge in [-0.15, -0.1) is 0 Å². The van der Waals surface area contributed by atoms with Crippen molar-refractivity contribution in [2.45, 2.75) is 25.3 Å². The first-order valence-electron chi connectivity index (χ1n) is 12.9. The summed E-state index contributed by atoms with van der Waals surface area (Å²) in [4.78, 5) is 30.8. The molecular formula is C32H26FN3O4. The van der Waals surface area contributed by atoms with Crippen LogP contribution in [0.25, 0.3) is 33.4 Å². The Labute approximate surface area is 229 Å². The van der Waals surface area contributed by atoms with Gasteiger partial charge in [0, 0.05) is 24.2 Å². The van der Waals surface area contributed by atoms with Crippen LogP contribution in [0.1, 0.15) is 44.8 Å². The summed E-state index contributed by atoms with van der Waals surface area (Å²) in [5.74, 6) is -0.917. The predicted octanol–water partition coefficient (Wildman–Crippen LogP) is 6.09. The number of nitrogens with zero attached hydrogens (tertiary/aromatic N) is 1. The van der Waals surface area contributed by atoms with Crippen LogP contribution in [0.5, 0.6) is 5.75 Å². The Morgan fingerprint density at radius 1 is 0.975 bits per heavy atom. The molecule has 0 aliphatic heterocycles. The number of aromatic hydroxyl groups is 1. The third kappa shape index (κ3) is 4.37. The van der Waals surface area contributed by atoms with E-state index in [-0.39, 0.29) is 23.0 Å². The predicted molar refractivity (Wildman–Crippen MR) is 149 cm³/mol. The second kappa shape index (κ2) is 9.64. The molecular weight excluding hydrogens is 509 g/mol. The third-order valence-electron chi connectivity index (χ3n) is 7.40. The Kier molecular flexibility index (Phi) is 6.10. The van der Waals surface area contributed by atoms with Crippen molar-refractivity contribution in [2.24, 2.45) is 0 Å². The third-order valence-corrected chi connectivity index (χ3v) is 7.40. The van der Waals surface area contributed by atoms with E-state index in [0.29, 0.717) is 27.9 Å². The van der Waals surface area contributed by atoms with Crippen molar-refractivity contribution in [3.8, 4) is 28.2 Å². The molecule has 0 unspecified atom stereocenters. The van der Waals surface area contributed by atoms with E-state index in [1.54, 1.807) is 36.5 Å². The Hall–Kier alpha value is -4.98. The minimum atomic E-state index is -0.537. The van der Waals surface area contributed by atoms with Crippen LogP contribution >= 0.6 is 0 Å². The number of phenols is 1. The van der Waals surface area contributed by atoms with Gasteiger partial charge in [0.25, 0.3) is 11.8 Å². The van der Waals surface area contributed by atoms with E-state index in [2.05, 4.69) is 15.6 Å². The van der Waals surface area contributed by atoms with Crippen LogP contribution < -0.4 is 10.6 Å². The number of aryl methyl sites for hydroxylation is 1. The molecule has 0 spiro atoms. The molecule has 1 aliphatic rings. The Morgan fingerprint density at radius 2 is 1.73 bits per heavy atom. The average molecular weight is 536 g/mol. The molecule has 3 N–H and O–H groups in total. The maximum absolute atomic E-state index is 13.5. The molecule has 1 fully saturated rings. The molecule has 3 aromatic carbocycles. The maximum Gasteiger partial charge on any atom is 0.255 e. The van der Waals surface area contributed by atoms with Gasteiger partial charge in [0.1, 0.15) is 22.9 Å². The van der Waals surface area contributed by atoms with Gasteiger partial charge in [-0.1, -0.05) is 12.1 Å². The lowest BCUT2D eigenvalue weighted by Crippen LogP contribution is -2.35. The fraction of sp³-hybridized carbons (Fsp3) is 0.156. The molecule has 200 valence electrons. The molecule has 40 heavy (non-hydrogen) atoms. The van der Waals surface area contributed by atoms with Crippen molar-refractivity contribution in [1.82, 2.24) is 15.6 Å². The standard InChI is InChI=1S/C32H26FN3O4/c1-18-15-25(37)23(30(38)36-32(12-13-32)27-5-3-4-14-35-27)17-22(18)20-8-11-26-24(16-20)28(31(39)34-2)29(40-26)19-6-9-21(33)10-7-19/h3-11,14-17,37H,12-13H2,1-2H3,(H,34,39)(H,36,38). The first-order valence-corrected chi connectivity index (χ1v) is 12.9. The van der Waals surface area contributed by atoms with Gasteiger partial charge in [-0.25, -0.2) is 4.39 Å². The van der Waals surface area contributed by atoms with Crippen LogP contribution in [0.3, 0.4) is 0 Å². The van der Waals surface area contributed by atoms with Gasteiger partial charge in [0.2, 0.25) is 0 Å². The molecule has 0 saturated heterocycles. The topological polar surface area (TPSA) is 104 Å². The number of phenolic OH excluding ortho intramolecular Hbond substituents is 1. The summed E-state index contributed by atoms with van der Waals surface area (Å²) in [6.45, 7) is 1.84. The van der Waals surface area contributed by atoms with E-state index in [1.165, 1.54) is 19.2 Å². The molecule has 7 nitrogen and oxygen atoms in total. The van der Waals surface area contributed by atoms with E-state index in [1.807, 2.05) is 37.3 Å². The fourth-order valence-electron chi connectivity index (χ4n) is 5.11. The quantitative estimate of drug-likeness (QED) is 0.244. The van der Waals surface area contributed by atoms with Crippen molar-refractivity contribution in [3.05, 3.63) is 107 Å². The SMILES string of the molecule is CNC(=O)c1c(-c2ccc(F)cc2)oc2ccc(-c3cc(C(=O)NC4(c5ccccn5)CC4)c(O)cc3C)cc12. The van der Waals surface area contributed by atoms with Crippen molar-refractivity contribution in [3.63, 3.8) is 0 Å². The molecule has 0 bridgehead atoms. The van der Waals surface area contributed by atoms with Crippen LogP contribution in [0.2, 0.25) is 0 Å². The molecule has 2 amide bonds. The monoisotopic (exact) mass is 535 g/mol. The van der Waals surface area contributed by atoms with E-state index in [9.17, 15) is 19.1 Å². The fourth-order valence-corrected chi connectivity index (χ4v) is 5.11. The lowest BCUT2D eigenvalue weighted by Gasteiger charge is -2.18. The van der Waals surface area contributed by atoms with Gasteiger partial charge in [0.15, 0.2) is 0 Å². The number of halogens is 1. The maximum atomic E-state index is 13.5. The number of amides is 2. The van der Waals surface area contributed by atoms with Crippen LogP contribution in [0.4, 0.5) is 4.39 Å². The van der Waals surface area contributed by atoms with Crippen LogP contribution in [0, 0.1) is 12.7 Å². The zero-order valence-corrected chi connectivity index (χ0v) is 21.9. The van der Waals surface area contributed by atoms with E-state index in [4.69, 9.17) is 4.42 Å². The van der Waals surface area contributed by atoms with E-state index in [0.717, 1.165) is 35.2 Å². The Morgan fingerprint density at radius 3 is 2.40 bits per heavy atom. The number of hydrogen-bond acceptors (Lipinski definition) is 5. The van der Waals surface area contributed by atoms with E-state index < -0.39 is 11.4 Å². The van der Waals surface area contributed by atoms with Gasteiger partial charge < -0.3 is 20.2 Å². The van der Waals surface area contributed by atoms with Crippen molar-refractivity contribution >= 4 is 22.8 Å². The second-order valence-electron chi connectivity index (χ2n) is 10.0. The number of fused-ring (bicyclic) bond motifs is 1. The number of aromatic nitrogens is 1. The smallest absolute Gasteiger partial charge is 0.255 e. The molecule has 1 aliphatic carbocycles. The summed E-state index contributed by atoms with van der Waals surface area (Å²) in [5, 5.41) is 17.0. The summed E-state index contributed by atoms with van der Waals surface area (Å²) < 4.78 is 19.6. The minimum absolute atomic E-state index is 0.121. The molecule has 0 atom stereocenters. The number of carbonyl (C=O) groups is 2. The normalized spacial score (nSPS) is 13.7. The number of furan rings is 1. The highest BCUT2D eigenvalue weighted by molar-refractivity contribution is 6.12. The lowest BCUT2D eigenvalue weighted by atomic mass is 9.95. The summed E-state index contributed by atoms with van der Waals surface area (Å²) in [7, 11) is 1.53. The lowest BCUT2D eigenvalue weighted by molar-refractivity contribution is 0.0925. The summed E-state index contributed by atoms with van der Waals surface area (Å²) in [6.07, 6.45) is 3.24. The Balaban J connectivity index is 1.41. The summed E-state index contributed by atoms with van der Waals surface area (Å²) in [5.41, 5.74) is 4.00. The van der Waals surface area contributed by atoms with Gasteiger partial charge in [-0.2, -0.15) is 0 Å². The molecule has 1 saturated carbocycles. The minimum Gasteiger partial charge on any atom is -0.507 e. The zero-order valence-electron chi connectivity index (χ0n) is 21.9. The molecule has 0 radical (unpaired) electrons. The molecule has 5 aromatic rings. The van der Waals surface area contributed by atoms with Crippen LogP contribution in [-0.4, -0.2) is 29.0 Å². The number of nitrogens with one attached hydrogen (secondary N) is 2. The summed E-state index contributed by atoms with van der Waals surface area (Å²) >= 11 is 0. The number of pyridine rings is 1. The number of hydrogen-bond donors (Lipinski definition) is 3. The van der Waals surface area contributed by atoms with Gasteiger partial charge in [-0.3, -0.25) is 14.6 Å². The highest BCUT2D eigenvalue weighted by atomic mass is 19.1. The number of carbonyl (C=O) groups excluding carboxylic acids is 2. The molecule has 2 heterocycles. The Bertz CT molecular complexity index is 1770. The van der Waals surface area contributed by atoms with Crippen LogP contribution in [-0.2, 0) is 5.54 Å². The number of rotatable bonds is 6. The largest absolute Gasteiger partial charge is 0.507 e. The first kappa shape index (κ1) is 25.3. The molecule has 2 aromatic heterocycles. The van der Waals surface area contributed by atoms with Crippen molar-refractivity contribution < 1.29 is 23.5 Å². The molecule has 6 rings (SSSR count). The molecule has 8 heteroatoms. The van der Waals surface area contributed by atoms with Gasteiger partial charge in [-0.05, 0) is 97.1 Å². The summed E-state index contributed by atoms with van der Waals surface area (Å²) in [6, 6.07) is 20.0. The van der Waals surface area contributed by atoms with Gasteiger partial charge >= 0.3 is 0 Å². The van der Waals surface area contributed by atoms with Gasteiger partial charge in [0.05, 0.1) is 22.4 Å².